The van der Waals surface area contributed by atoms with Crippen LogP contribution >= 0.6 is 0 Å². The zero-order chi connectivity index (χ0) is 16.6. The zero-order valence-electron chi connectivity index (χ0n) is 12.9. The summed E-state index contributed by atoms with van der Waals surface area (Å²) in [4.78, 5) is 25.1. The molecule has 0 saturated carbocycles. The Hall–Kier alpha value is -2.89. The summed E-state index contributed by atoms with van der Waals surface area (Å²) in [5, 5.41) is 11.1. The average molecular weight is 312 g/mol. The van der Waals surface area contributed by atoms with E-state index in [0.29, 0.717) is 0 Å². The predicted octanol–water partition coefficient (Wildman–Crippen LogP) is 3.19. The summed E-state index contributed by atoms with van der Waals surface area (Å²) in [6.07, 6.45) is 0.778. The highest BCUT2D eigenvalue weighted by Crippen LogP contribution is 2.34. The molecule has 6 nitrogen and oxygen atoms in total. The van der Waals surface area contributed by atoms with E-state index in [1.807, 2.05) is 31.2 Å². The number of fused-ring (bicyclic) bond motifs is 1. The summed E-state index contributed by atoms with van der Waals surface area (Å²) in [5.74, 6) is -0.102. The highest BCUT2D eigenvalue weighted by atomic mass is 16.6. The van der Waals surface area contributed by atoms with Crippen molar-refractivity contribution in [2.45, 2.75) is 19.4 Å². The second-order valence-corrected chi connectivity index (χ2v) is 5.50. The fourth-order valence-corrected chi connectivity index (χ4v) is 2.98. The molecule has 0 aliphatic carbocycles. The van der Waals surface area contributed by atoms with Gasteiger partial charge in [0.15, 0.2) is 5.75 Å². The molecule has 0 radical (unpaired) electrons. The minimum absolute atomic E-state index is 0.0149. The molecule has 0 saturated heterocycles. The lowest BCUT2D eigenvalue weighted by Crippen LogP contribution is -2.35. The van der Waals surface area contributed by atoms with Crippen LogP contribution in [0.15, 0.2) is 42.5 Å². The SMILES string of the molecule is COc1ccc(C(=O)N2c3ccccc3C[C@H]2C)cc1[N+](=O)[O-]. The zero-order valence-corrected chi connectivity index (χ0v) is 12.9. The number of amides is 1. The standard InChI is InChI=1S/C17H16N2O4/c1-11-9-12-5-3-4-6-14(12)18(11)17(20)13-7-8-16(23-2)15(10-13)19(21)22/h3-8,10-11H,9H2,1-2H3/t11-/m1/s1. The van der Waals surface area contributed by atoms with Gasteiger partial charge in [0.2, 0.25) is 0 Å². The number of para-hydroxylation sites is 1. The summed E-state index contributed by atoms with van der Waals surface area (Å²) >= 11 is 0. The molecule has 2 aromatic rings. The summed E-state index contributed by atoms with van der Waals surface area (Å²) in [7, 11) is 1.36. The number of anilines is 1. The van der Waals surface area contributed by atoms with E-state index in [1.165, 1.54) is 19.2 Å². The van der Waals surface area contributed by atoms with Gasteiger partial charge >= 0.3 is 5.69 Å². The van der Waals surface area contributed by atoms with Crippen LogP contribution in [0.3, 0.4) is 0 Å². The lowest BCUT2D eigenvalue weighted by atomic mass is 10.1. The monoisotopic (exact) mass is 312 g/mol. The third kappa shape index (κ3) is 2.52. The molecule has 0 spiro atoms. The van der Waals surface area contributed by atoms with Crippen molar-refractivity contribution in [1.29, 1.82) is 0 Å². The maximum atomic E-state index is 12.9. The number of nitrogens with zero attached hydrogens (tertiary/aromatic N) is 2. The Morgan fingerprint density at radius 2 is 2.04 bits per heavy atom. The maximum Gasteiger partial charge on any atom is 0.311 e. The van der Waals surface area contributed by atoms with Crippen LogP contribution in [0.1, 0.15) is 22.8 Å². The van der Waals surface area contributed by atoms with Crippen molar-refractivity contribution in [2.75, 3.05) is 12.0 Å². The highest BCUT2D eigenvalue weighted by molar-refractivity contribution is 6.08. The van der Waals surface area contributed by atoms with E-state index in [0.717, 1.165) is 17.7 Å². The van der Waals surface area contributed by atoms with Gasteiger partial charge < -0.3 is 9.64 Å². The maximum absolute atomic E-state index is 12.9. The van der Waals surface area contributed by atoms with E-state index in [1.54, 1.807) is 11.0 Å². The number of methoxy groups -OCH3 is 1. The number of benzene rings is 2. The molecule has 0 fully saturated rings. The fourth-order valence-electron chi connectivity index (χ4n) is 2.98. The van der Waals surface area contributed by atoms with Crippen LogP contribution in [0.4, 0.5) is 11.4 Å². The van der Waals surface area contributed by atoms with Crippen LogP contribution in [0.2, 0.25) is 0 Å². The van der Waals surface area contributed by atoms with Gasteiger partial charge in [0, 0.05) is 23.4 Å². The third-order valence-electron chi connectivity index (χ3n) is 4.05. The third-order valence-corrected chi connectivity index (χ3v) is 4.05. The van der Waals surface area contributed by atoms with Crippen molar-refractivity contribution in [2.24, 2.45) is 0 Å². The Morgan fingerprint density at radius 3 is 2.74 bits per heavy atom. The number of nitro groups is 1. The molecule has 1 atom stereocenters. The topological polar surface area (TPSA) is 72.7 Å². The first kappa shape index (κ1) is 15.0. The first-order chi connectivity index (χ1) is 11.0. The number of hydrogen-bond donors (Lipinski definition) is 0. The lowest BCUT2D eigenvalue weighted by molar-refractivity contribution is -0.385. The molecular formula is C17H16N2O4. The van der Waals surface area contributed by atoms with Crippen LogP contribution in [-0.4, -0.2) is 24.0 Å². The van der Waals surface area contributed by atoms with Gasteiger partial charge in [-0.3, -0.25) is 14.9 Å². The minimum atomic E-state index is -0.545. The van der Waals surface area contributed by atoms with Gasteiger partial charge in [-0.15, -0.1) is 0 Å². The van der Waals surface area contributed by atoms with Crippen LogP contribution in [0.5, 0.6) is 5.75 Å². The van der Waals surface area contributed by atoms with Crippen LogP contribution < -0.4 is 9.64 Å². The molecule has 0 unspecified atom stereocenters. The fraction of sp³-hybridized carbons (Fsp3) is 0.235. The van der Waals surface area contributed by atoms with Gasteiger partial charge in [-0.25, -0.2) is 0 Å². The van der Waals surface area contributed by atoms with Crippen molar-refractivity contribution >= 4 is 17.3 Å². The summed E-state index contributed by atoms with van der Waals surface area (Å²) in [6, 6.07) is 12.0. The van der Waals surface area contributed by atoms with E-state index in [2.05, 4.69) is 0 Å². The van der Waals surface area contributed by atoms with Gasteiger partial charge in [-0.2, -0.15) is 0 Å². The molecule has 0 bridgehead atoms. The molecule has 1 aliphatic heterocycles. The summed E-state index contributed by atoms with van der Waals surface area (Å²) in [5.41, 5.74) is 2.04. The largest absolute Gasteiger partial charge is 0.490 e. The van der Waals surface area contributed by atoms with Gasteiger partial charge in [0.1, 0.15) is 0 Å². The van der Waals surface area contributed by atoms with Crippen LogP contribution in [-0.2, 0) is 6.42 Å². The van der Waals surface area contributed by atoms with Crippen LogP contribution in [0.25, 0.3) is 0 Å². The van der Waals surface area contributed by atoms with Crippen molar-refractivity contribution in [3.05, 3.63) is 63.7 Å². The Kier molecular flexibility index (Phi) is 3.73. The molecule has 1 amide bonds. The molecule has 6 heteroatoms. The quantitative estimate of drug-likeness (QED) is 0.644. The average Bonchev–Trinajstić information content (AvgIpc) is 2.89. The van der Waals surface area contributed by atoms with E-state index >= 15 is 0 Å². The second kappa shape index (κ2) is 5.72. The van der Waals surface area contributed by atoms with Crippen molar-refractivity contribution in [1.82, 2.24) is 0 Å². The normalized spacial score (nSPS) is 16.1. The molecule has 0 aromatic heterocycles. The highest BCUT2D eigenvalue weighted by Gasteiger charge is 2.32. The van der Waals surface area contributed by atoms with E-state index < -0.39 is 4.92 Å². The number of carbonyl (C=O) groups is 1. The van der Waals surface area contributed by atoms with Crippen molar-refractivity contribution in [3.63, 3.8) is 0 Å². The Balaban J connectivity index is 2.01. The Bertz CT molecular complexity index is 788. The van der Waals surface area contributed by atoms with Crippen LogP contribution in [0, 0.1) is 10.1 Å². The minimum Gasteiger partial charge on any atom is -0.490 e. The molecule has 1 aliphatic rings. The summed E-state index contributed by atoms with van der Waals surface area (Å²) < 4.78 is 4.98. The smallest absolute Gasteiger partial charge is 0.311 e. The molecule has 2 aromatic carbocycles. The van der Waals surface area contributed by atoms with Gasteiger partial charge in [0.05, 0.1) is 12.0 Å². The molecule has 3 rings (SSSR count). The van der Waals surface area contributed by atoms with E-state index in [4.69, 9.17) is 4.74 Å². The van der Waals surface area contributed by atoms with Gasteiger partial charge in [-0.1, -0.05) is 18.2 Å². The second-order valence-electron chi connectivity index (χ2n) is 5.50. The van der Waals surface area contributed by atoms with E-state index in [9.17, 15) is 14.9 Å². The number of carbonyl (C=O) groups excluding carboxylic acids is 1. The molecule has 118 valence electrons. The first-order valence-corrected chi connectivity index (χ1v) is 7.27. The first-order valence-electron chi connectivity index (χ1n) is 7.27. The Labute approximate surface area is 133 Å². The Morgan fingerprint density at radius 1 is 1.30 bits per heavy atom. The van der Waals surface area contributed by atoms with Crippen molar-refractivity contribution < 1.29 is 14.5 Å². The molecule has 0 N–H and O–H groups in total. The van der Waals surface area contributed by atoms with Gasteiger partial charge in [-0.05, 0) is 37.1 Å². The number of nitro benzene ring substituents is 1. The molecule has 1 heterocycles. The molecule has 23 heavy (non-hydrogen) atoms. The lowest BCUT2D eigenvalue weighted by Gasteiger charge is -2.22. The number of hydrogen-bond acceptors (Lipinski definition) is 4. The predicted molar refractivity (Wildman–Crippen MR) is 86.1 cm³/mol. The van der Waals surface area contributed by atoms with Crippen molar-refractivity contribution in [3.8, 4) is 5.75 Å². The number of rotatable bonds is 3. The van der Waals surface area contributed by atoms with Gasteiger partial charge in [0.25, 0.3) is 5.91 Å². The van der Waals surface area contributed by atoms with E-state index in [-0.39, 0.29) is 28.9 Å². The number of ether oxygens (including phenoxy) is 1. The molecular weight excluding hydrogens is 296 g/mol. The summed E-state index contributed by atoms with van der Waals surface area (Å²) in [6.45, 7) is 1.97.